The molecular formula is C16H17N3O3. The molecular weight excluding hydrogens is 282 g/mol. The Morgan fingerprint density at radius 1 is 1.41 bits per heavy atom. The molecule has 6 heteroatoms. The molecule has 1 fully saturated rings. The van der Waals surface area contributed by atoms with E-state index in [0.29, 0.717) is 11.4 Å². The fourth-order valence-corrected chi connectivity index (χ4v) is 3.32. The molecule has 2 aliphatic heterocycles. The molecule has 0 aliphatic carbocycles. The van der Waals surface area contributed by atoms with Crippen molar-refractivity contribution in [1.82, 2.24) is 10.3 Å². The van der Waals surface area contributed by atoms with Gasteiger partial charge in [-0.15, -0.1) is 0 Å². The van der Waals surface area contributed by atoms with Gasteiger partial charge in [0.2, 0.25) is 5.91 Å². The Balaban J connectivity index is 1.93. The highest BCUT2D eigenvalue weighted by atomic mass is 16.5. The number of hydrogen-bond donors (Lipinski definition) is 2. The van der Waals surface area contributed by atoms with Gasteiger partial charge in [0.25, 0.3) is 0 Å². The molecule has 2 atom stereocenters. The second-order valence-electron chi connectivity index (χ2n) is 5.72. The standard InChI is InChI=1S/C16H17N3O3/c1-22-10-4-5-12-9(7-10)8-11-14(17-12)19-6-2-3-13(19)16(21)18-15(11)20/h4-5,7-8,13,15,20H,2-3,6H2,1H3,(H,18,21). The Morgan fingerprint density at radius 3 is 3.09 bits per heavy atom. The Morgan fingerprint density at radius 2 is 2.27 bits per heavy atom. The summed E-state index contributed by atoms with van der Waals surface area (Å²) in [5, 5.41) is 13.9. The summed E-state index contributed by atoms with van der Waals surface area (Å²) in [5.41, 5.74) is 1.46. The third-order valence-corrected chi connectivity index (χ3v) is 4.43. The quantitative estimate of drug-likeness (QED) is 0.831. The predicted molar refractivity (Wildman–Crippen MR) is 81.8 cm³/mol. The van der Waals surface area contributed by atoms with E-state index in [1.54, 1.807) is 7.11 Å². The fraction of sp³-hybridized carbons (Fsp3) is 0.375. The van der Waals surface area contributed by atoms with Crippen LogP contribution in [0.4, 0.5) is 5.82 Å². The summed E-state index contributed by atoms with van der Waals surface area (Å²) in [6.45, 7) is 0.784. The van der Waals surface area contributed by atoms with Gasteiger partial charge in [-0.1, -0.05) is 0 Å². The number of ether oxygens (including phenoxy) is 1. The fourth-order valence-electron chi connectivity index (χ4n) is 3.32. The van der Waals surface area contributed by atoms with Gasteiger partial charge in [-0.3, -0.25) is 4.79 Å². The van der Waals surface area contributed by atoms with Crippen LogP contribution in [-0.2, 0) is 4.79 Å². The van der Waals surface area contributed by atoms with Crippen molar-refractivity contribution in [2.45, 2.75) is 25.1 Å². The Bertz CT molecular complexity index is 762. The molecule has 2 aliphatic rings. The molecule has 2 N–H and O–H groups in total. The van der Waals surface area contributed by atoms with E-state index in [0.717, 1.165) is 36.0 Å². The minimum atomic E-state index is -1.03. The maximum Gasteiger partial charge on any atom is 0.245 e. The molecule has 1 aromatic heterocycles. The minimum absolute atomic E-state index is 0.135. The summed E-state index contributed by atoms with van der Waals surface area (Å²) in [6, 6.07) is 7.28. The summed E-state index contributed by atoms with van der Waals surface area (Å²) in [4.78, 5) is 18.9. The molecule has 1 saturated heterocycles. The van der Waals surface area contributed by atoms with Gasteiger partial charge in [-0.2, -0.15) is 0 Å². The van der Waals surface area contributed by atoms with Crippen molar-refractivity contribution in [2.75, 3.05) is 18.6 Å². The van der Waals surface area contributed by atoms with Crippen LogP contribution >= 0.6 is 0 Å². The number of fused-ring (bicyclic) bond motifs is 4. The van der Waals surface area contributed by atoms with Crippen LogP contribution in [-0.4, -0.2) is 35.7 Å². The van der Waals surface area contributed by atoms with Crippen molar-refractivity contribution in [3.05, 3.63) is 29.8 Å². The lowest BCUT2D eigenvalue weighted by molar-refractivity contribution is -0.124. The highest BCUT2D eigenvalue weighted by Crippen LogP contribution is 2.35. The lowest BCUT2D eigenvalue weighted by Crippen LogP contribution is -2.41. The van der Waals surface area contributed by atoms with Crippen molar-refractivity contribution in [3.63, 3.8) is 0 Å². The number of rotatable bonds is 1. The molecule has 2 unspecified atom stereocenters. The molecule has 0 bridgehead atoms. The molecule has 0 saturated carbocycles. The third kappa shape index (κ3) is 1.91. The molecule has 1 aromatic carbocycles. The lowest BCUT2D eigenvalue weighted by Gasteiger charge is -2.23. The number of anilines is 1. The Kier molecular flexibility index (Phi) is 2.94. The van der Waals surface area contributed by atoms with Gasteiger partial charge in [0.15, 0.2) is 6.23 Å². The summed E-state index contributed by atoms with van der Waals surface area (Å²) >= 11 is 0. The van der Waals surface area contributed by atoms with Gasteiger partial charge in [0.05, 0.1) is 12.6 Å². The lowest BCUT2D eigenvalue weighted by atomic mass is 10.1. The number of carbonyl (C=O) groups is 1. The van der Waals surface area contributed by atoms with Crippen molar-refractivity contribution in [1.29, 1.82) is 0 Å². The average molecular weight is 299 g/mol. The van der Waals surface area contributed by atoms with E-state index in [-0.39, 0.29) is 11.9 Å². The molecule has 3 heterocycles. The molecule has 1 amide bonds. The van der Waals surface area contributed by atoms with Gasteiger partial charge < -0.3 is 20.1 Å². The number of benzene rings is 1. The molecule has 4 rings (SSSR count). The monoisotopic (exact) mass is 299 g/mol. The third-order valence-electron chi connectivity index (χ3n) is 4.43. The molecule has 6 nitrogen and oxygen atoms in total. The smallest absolute Gasteiger partial charge is 0.245 e. The topological polar surface area (TPSA) is 74.7 Å². The van der Waals surface area contributed by atoms with E-state index in [9.17, 15) is 9.90 Å². The first-order chi connectivity index (χ1) is 10.7. The van der Waals surface area contributed by atoms with Gasteiger partial charge >= 0.3 is 0 Å². The van der Waals surface area contributed by atoms with Crippen LogP contribution < -0.4 is 15.0 Å². The molecule has 22 heavy (non-hydrogen) atoms. The van der Waals surface area contributed by atoms with Gasteiger partial charge in [0.1, 0.15) is 17.6 Å². The number of aromatic nitrogens is 1. The number of aliphatic hydroxyl groups is 1. The summed E-state index contributed by atoms with van der Waals surface area (Å²) in [5.74, 6) is 1.30. The molecule has 2 aromatic rings. The van der Waals surface area contributed by atoms with Gasteiger partial charge in [0, 0.05) is 17.5 Å². The van der Waals surface area contributed by atoms with Crippen molar-refractivity contribution in [2.24, 2.45) is 0 Å². The first-order valence-electron chi connectivity index (χ1n) is 7.41. The van der Waals surface area contributed by atoms with Crippen molar-refractivity contribution in [3.8, 4) is 5.75 Å². The minimum Gasteiger partial charge on any atom is -0.497 e. The number of nitrogens with zero attached hydrogens (tertiary/aromatic N) is 2. The Labute approximate surface area is 127 Å². The first-order valence-corrected chi connectivity index (χ1v) is 7.41. The molecule has 0 spiro atoms. The van der Waals surface area contributed by atoms with E-state index in [4.69, 9.17) is 9.72 Å². The maximum atomic E-state index is 12.2. The van der Waals surface area contributed by atoms with Crippen LogP contribution in [0.15, 0.2) is 24.3 Å². The van der Waals surface area contributed by atoms with Crippen LogP contribution in [0.5, 0.6) is 5.75 Å². The second kappa shape index (κ2) is 4.84. The highest BCUT2D eigenvalue weighted by molar-refractivity contribution is 5.90. The van der Waals surface area contributed by atoms with Crippen LogP contribution in [0.1, 0.15) is 24.6 Å². The van der Waals surface area contributed by atoms with E-state index in [1.807, 2.05) is 29.2 Å². The first kappa shape index (κ1) is 13.3. The maximum absolute atomic E-state index is 12.2. The number of pyridine rings is 1. The predicted octanol–water partition coefficient (Wildman–Crippen LogP) is 1.33. The number of aliphatic hydroxyl groups excluding tert-OH is 1. The van der Waals surface area contributed by atoms with Crippen molar-refractivity contribution >= 4 is 22.6 Å². The summed E-state index contributed by atoms with van der Waals surface area (Å²) in [7, 11) is 1.61. The average Bonchev–Trinajstić information content (AvgIpc) is 2.99. The van der Waals surface area contributed by atoms with E-state index in [1.165, 1.54) is 0 Å². The normalized spacial score (nSPS) is 23.7. The second-order valence-corrected chi connectivity index (χ2v) is 5.72. The number of carbonyl (C=O) groups excluding carboxylic acids is 1. The van der Waals surface area contributed by atoms with E-state index >= 15 is 0 Å². The zero-order valence-corrected chi connectivity index (χ0v) is 12.2. The number of amides is 1. The van der Waals surface area contributed by atoms with Crippen LogP contribution in [0.2, 0.25) is 0 Å². The van der Waals surface area contributed by atoms with Gasteiger partial charge in [-0.05, 0) is 37.1 Å². The summed E-state index contributed by atoms with van der Waals surface area (Å²) in [6.07, 6.45) is 0.715. The van der Waals surface area contributed by atoms with Crippen LogP contribution in [0.3, 0.4) is 0 Å². The Hall–Kier alpha value is -2.34. The van der Waals surface area contributed by atoms with Crippen LogP contribution in [0, 0.1) is 0 Å². The molecule has 0 radical (unpaired) electrons. The number of nitrogens with one attached hydrogen (secondary N) is 1. The number of methoxy groups -OCH3 is 1. The van der Waals surface area contributed by atoms with Crippen molar-refractivity contribution < 1.29 is 14.6 Å². The zero-order valence-electron chi connectivity index (χ0n) is 12.2. The highest BCUT2D eigenvalue weighted by Gasteiger charge is 2.38. The zero-order chi connectivity index (χ0) is 15.3. The van der Waals surface area contributed by atoms with Crippen LogP contribution in [0.25, 0.3) is 10.9 Å². The SMILES string of the molecule is COc1ccc2nc3c(cc2c1)C(O)NC(=O)C1CCCN31. The summed E-state index contributed by atoms with van der Waals surface area (Å²) < 4.78 is 5.23. The largest absolute Gasteiger partial charge is 0.497 e. The van der Waals surface area contributed by atoms with E-state index < -0.39 is 6.23 Å². The number of hydrogen-bond acceptors (Lipinski definition) is 5. The molecule has 114 valence electrons. The van der Waals surface area contributed by atoms with E-state index in [2.05, 4.69) is 5.32 Å². The van der Waals surface area contributed by atoms with Gasteiger partial charge in [-0.25, -0.2) is 4.98 Å².